The van der Waals surface area contributed by atoms with Crippen LogP contribution >= 0.6 is 12.6 Å². The fourth-order valence-corrected chi connectivity index (χ4v) is 2.29. The second kappa shape index (κ2) is 2.62. The Balaban J connectivity index is 2.66. The third-order valence-corrected chi connectivity index (χ3v) is 2.02. The van der Waals surface area contributed by atoms with Crippen LogP contribution in [0.15, 0.2) is 0 Å². The first kappa shape index (κ1) is 9.32. The van der Waals surface area contributed by atoms with Crippen molar-refractivity contribution in [3.63, 3.8) is 0 Å². The van der Waals surface area contributed by atoms with Gasteiger partial charge in [0.2, 0.25) is 0 Å². The minimum absolute atomic E-state index is 0.0544. The van der Waals surface area contributed by atoms with Crippen molar-refractivity contribution in [3.8, 4) is 0 Å². The average molecular weight is 176 g/mol. The van der Waals surface area contributed by atoms with Gasteiger partial charge in [-0.15, -0.1) is 12.6 Å². The van der Waals surface area contributed by atoms with E-state index in [1.54, 1.807) is 6.92 Å². The predicted octanol–water partition coefficient (Wildman–Crippen LogP) is 0.270. The van der Waals surface area contributed by atoms with Gasteiger partial charge in [-0.2, -0.15) is 0 Å². The average Bonchev–Trinajstić information content (AvgIpc) is 1.49. The monoisotopic (exact) mass is 176 g/mol. The van der Waals surface area contributed by atoms with Crippen LogP contribution in [0.1, 0.15) is 27.2 Å². The van der Waals surface area contributed by atoms with Crippen LogP contribution in [0.4, 0.5) is 0 Å². The molecule has 0 aromatic rings. The Morgan fingerprint density at radius 3 is 2.27 bits per heavy atom. The molecule has 0 unspecified atom stereocenters. The summed E-state index contributed by atoms with van der Waals surface area (Å²) in [4.78, 5) is 0. The molecule has 1 heterocycles. The molecular formula is C7H16N2OS. The van der Waals surface area contributed by atoms with Gasteiger partial charge in [0.05, 0.1) is 0 Å². The predicted molar refractivity (Wildman–Crippen MR) is 48.4 cm³/mol. The van der Waals surface area contributed by atoms with Gasteiger partial charge in [0.25, 0.3) is 0 Å². The molecule has 4 heteroatoms. The molecule has 2 atom stereocenters. The van der Waals surface area contributed by atoms with Crippen LogP contribution in [0.5, 0.6) is 0 Å². The fraction of sp³-hybridized carbons (Fsp3) is 1.00. The van der Waals surface area contributed by atoms with E-state index in [2.05, 4.69) is 23.3 Å². The Labute approximate surface area is 73.0 Å². The highest BCUT2D eigenvalue weighted by molar-refractivity contribution is 7.80. The molecule has 0 spiro atoms. The normalized spacial score (nSPS) is 43.9. The summed E-state index contributed by atoms with van der Waals surface area (Å²) < 4.78 is 0. The van der Waals surface area contributed by atoms with E-state index in [0.717, 1.165) is 0 Å². The van der Waals surface area contributed by atoms with Gasteiger partial charge < -0.3 is 5.11 Å². The molecule has 11 heavy (non-hydrogen) atoms. The third-order valence-electron chi connectivity index (χ3n) is 1.76. The Morgan fingerprint density at radius 1 is 1.36 bits per heavy atom. The van der Waals surface area contributed by atoms with Gasteiger partial charge in [-0.05, 0) is 20.8 Å². The van der Waals surface area contributed by atoms with Crippen LogP contribution in [-0.2, 0) is 0 Å². The van der Waals surface area contributed by atoms with Gasteiger partial charge >= 0.3 is 0 Å². The quantitative estimate of drug-likeness (QED) is 0.401. The molecular weight excluding hydrogens is 160 g/mol. The highest BCUT2D eigenvalue weighted by Crippen LogP contribution is 2.23. The molecule has 0 saturated carbocycles. The Morgan fingerprint density at radius 2 is 1.91 bits per heavy atom. The molecule has 0 aromatic carbocycles. The van der Waals surface area contributed by atoms with Crippen molar-refractivity contribution in [2.24, 2.45) is 0 Å². The molecule has 0 aromatic heterocycles. The zero-order chi connectivity index (χ0) is 8.70. The third kappa shape index (κ3) is 2.63. The van der Waals surface area contributed by atoms with Crippen LogP contribution in [0.2, 0.25) is 0 Å². The van der Waals surface area contributed by atoms with E-state index < -0.39 is 5.72 Å². The van der Waals surface area contributed by atoms with E-state index in [9.17, 15) is 5.11 Å². The maximum Gasteiger partial charge on any atom is 0.116 e. The standard InChI is InChI=1S/C7H16N2OS/c1-6(2)4-7(3,10)9-5(11)8-6/h5,8-11H,4H2,1-3H3/t5-,7+/m0/s1. The Kier molecular flexibility index (Phi) is 2.22. The van der Waals surface area contributed by atoms with E-state index >= 15 is 0 Å². The molecule has 1 rings (SSSR count). The highest BCUT2D eigenvalue weighted by Gasteiger charge is 2.37. The van der Waals surface area contributed by atoms with Crippen LogP contribution in [0, 0.1) is 0 Å². The van der Waals surface area contributed by atoms with E-state index in [1.807, 2.05) is 13.8 Å². The molecule has 66 valence electrons. The number of hydrogen-bond donors (Lipinski definition) is 4. The molecule has 0 radical (unpaired) electrons. The molecule has 0 bridgehead atoms. The van der Waals surface area contributed by atoms with Crippen molar-refractivity contribution in [1.82, 2.24) is 10.6 Å². The first-order valence-electron chi connectivity index (χ1n) is 3.77. The van der Waals surface area contributed by atoms with E-state index in [-0.39, 0.29) is 11.0 Å². The summed E-state index contributed by atoms with van der Waals surface area (Å²) in [5.74, 6) is 0. The second-order valence-electron chi connectivity index (χ2n) is 4.03. The Hall–Kier alpha value is 0.230. The summed E-state index contributed by atoms with van der Waals surface area (Å²) in [5.41, 5.74) is -0.990. The summed E-state index contributed by atoms with van der Waals surface area (Å²) in [7, 11) is 0. The number of rotatable bonds is 0. The van der Waals surface area contributed by atoms with Crippen LogP contribution < -0.4 is 10.6 Å². The lowest BCUT2D eigenvalue weighted by molar-refractivity contribution is -0.0377. The smallest absolute Gasteiger partial charge is 0.116 e. The fourth-order valence-electron chi connectivity index (χ4n) is 1.66. The van der Waals surface area contributed by atoms with Gasteiger partial charge in [-0.3, -0.25) is 10.6 Å². The molecule has 1 aliphatic heterocycles. The first-order chi connectivity index (χ1) is 4.81. The van der Waals surface area contributed by atoms with Gasteiger partial charge in [-0.1, -0.05) is 0 Å². The van der Waals surface area contributed by atoms with Gasteiger partial charge in [0, 0.05) is 12.0 Å². The van der Waals surface area contributed by atoms with Gasteiger partial charge in [0.15, 0.2) is 0 Å². The summed E-state index contributed by atoms with van der Waals surface area (Å²) in [6.07, 6.45) is 0.678. The second-order valence-corrected chi connectivity index (χ2v) is 4.54. The zero-order valence-corrected chi connectivity index (χ0v) is 8.07. The molecule has 1 saturated heterocycles. The van der Waals surface area contributed by atoms with Crippen molar-refractivity contribution < 1.29 is 5.11 Å². The van der Waals surface area contributed by atoms with Crippen LogP contribution in [0.25, 0.3) is 0 Å². The minimum atomic E-state index is -0.804. The van der Waals surface area contributed by atoms with E-state index in [4.69, 9.17) is 0 Å². The SMILES string of the molecule is CC1(C)C[C@@](C)(O)N[C@@H](S)N1. The van der Waals surface area contributed by atoms with Crippen LogP contribution in [-0.4, -0.2) is 21.9 Å². The number of thiol groups is 1. The van der Waals surface area contributed by atoms with Gasteiger partial charge in [-0.25, -0.2) is 0 Å². The number of nitrogens with one attached hydrogen (secondary N) is 2. The summed E-state index contributed by atoms with van der Waals surface area (Å²) in [6, 6.07) is 0. The van der Waals surface area contributed by atoms with Crippen molar-refractivity contribution in [3.05, 3.63) is 0 Å². The lowest BCUT2D eigenvalue weighted by Gasteiger charge is -2.44. The lowest BCUT2D eigenvalue weighted by Crippen LogP contribution is -2.65. The first-order valence-corrected chi connectivity index (χ1v) is 4.28. The molecule has 0 aliphatic carbocycles. The maximum atomic E-state index is 9.68. The van der Waals surface area contributed by atoms with Crippen molar-refractivity contribution in [2.45, 2.75) is 44.0 Å². The van der Waals surface area contributed by atoms with Crippen LogP contribution in [0.3, 0.4) is 0 Å². The summed E-state index contributed by atoms with van der Waals surface area (Å²) in [5, 5.41) is 15.8. The van der Waals surface area contributed by atoms with Crippen molar-refractivity contribution in [2.75, 3.05) is 0 Å². The zero-order valence-electron chi connectivity index (χ0n) is 7.18. The topological polar surface area (TPSA) is 44.3 Å². The highest BCUT2D eigenvalue weighted by atomic mass is 32.1. The lowest BCUT2D eigenvalue weighted by atomic mass is 9.92. The molecule has 0 amide bonds. The van der Waals surface area contributed by atoms with E-state index in [0.29, 0.717) is 6.42 Å². The Bertz CT molecular complexity index is 143. The molecule has 1 aliphatic rings. The molecule has 3 N–H and O–H groups in total. The number of aliphatic hydroxyl groups is 1. The van der Waals surface area contributed by atoms with Crippen molar-refractivity contribution in [1.29, 1.82) is 0 Å². The van der Waals surface area contributed by atoms with Gasteiger partial charge in [0.1, 0.15) is 11.2 Å². The van der Waals surface area contributed by atoms with E-state index in [1.165, 1.54) is 0 Å². The molecule has 1 fully saturated rings. The van der Waals surface area contributed by atoms with Crippen molar-refractivity contribution >= 4 is 12.6 Å². The maximum absolute atomic E-state index is 9.68. The largest absolute Gasteiger partial charge is 0.376 e. The number of hydrogen-bond acceptors (Lipinski definition) is 4. The minimum Gasteiger partial charge on any atom is -0.376 e. The summed E-state index contributed by atoms with van der Waals surface area (Å²) >= 11 is 4.21. The summed E-state index contributed by atoms with van der Waals surface area (Å²) in [6.45, 7) is 5.86. The molecule has 3 nitrogen and oxygen atoms in total.